The zero-order valence-corrected chi connectivity index (χ0v) is 22.9. The maximum absolute atomic E-state index is 13.4. The van der Waals surface area contributed by atoms with Gasteiger partial charge in [-0.25, -0.2) is 12.8 Å². The number of benzene rings is 2. The van der Waals surface area contributed by atoms with Crippen molar-refractivity contribution in [3.8, 4) is 0 Å². The lowest BCUT2D eigenvalue weighted by molar-refractivity contribution is -0.141. The number of hydrogen-bond donors (Lipinski definition) is 1. The van der Waals surface area contributed by atoms with Gasteiger partial charge in [0.25, 0.3) is 0 Å². The van der Waals surface area contributed by atoms with Gasteiger partial charge in [0.15, 0.2) is 0 Å². The molecule has 36 heavy (non-hydrogen) atoms. The first kappa shape index (κ1) is 29.3. The van der Waals surface area contributed by atoms with Gasteiger partial charge in [-0.1, -0.05) is 31.2 Å². The molecule has 2 aromatic carbocycles. The number of sulfonamides is 1. The number of amides is 2. The predicted octanol–water partition coefficient (Wildman–Crippen LogP) is 4.32. The summed E-state index contributed by atoms with van der Waals surface area (Å²) in [5.74, 6) is -0.899. The molecule has 0 saturated heterocycles. The molecule has 198 valence electrons. The van der Waals surface area contributed by atoms with Crippen LogP contribution in [0.25, 0.3) is 0 Å². The Balaban J connectivity index is 2.24. The second kappa shape index (κ2) is 12.9. The summed E-state index contributed by atoms with van der Waals surface area (Å²) in [6.45, 7) is 9.56. The van der Waals surface area contributed by atoms with E-state index in [9.17, 15) is 22.4 Å². The Kier molecular flexibility index (Phi) is 10.5. The second-order valence-corrected chi connectivity index (χ2v) is 11.4. The van der Waals surface area contributed by atoms with Crippen molar-refractivity contribution in [1.29, 1.82) is 0 Å². The molecule has 7 nitrogen and oxygen atoms in total. The normalized spacial score (nSPS) is 12.3. The lowest BCUT2D eigenvalue weighted by Gasteiger charge is -2.31. The molecule has 0 radical (unpaired) electrons. The van der Waals surface area contributed by atoms with Gasteiger partial charge < -0.3 is 10.2 Å². The third-order valence-electron chi connectivity index (χ3n) is 5.87. The topological polar surface area (TPSA) is 86.8 Å². The fourth-order valence-electron chi connectivity index (χ4n) is 4.06. The molecule has 2 rings (SSSR count). The number of halogens is 1. The van der Waals surface area contributed by atoms with E-state index in [1.165, 1.54) is 21.3 Å². The van der Waals surface area contributed by atoms with Crippen LogP contribution in [0.2, 0.25) is 0 Å². The number of nitrogens with one attached hydrogen (secondary N) is 1. The van der Waals surface area contributed by atoms with E-state index in [0.29, 0.717) is 17.7 Å². The van der Waals surface area contributed by atoms with Gasteiger partial charge in [-0.05, 0) is 75.4 Å². The van der Waals surface area contributed by atoms with Crippen molar-refractivity contribution < 1.29 is 22.4 Å². The van der Waals surface area contributed by atoms with Crippen molar-refractivity contribution in [3.63, 3.8) is 0 Å². The monoisotopic (exact) mass is 519 g/mol. The lowest BCUT2D eigenvalue weighted by Crippen LogP contribution is -2.50. The fourth-order valence-corrected chi connectivity index (χ4v) is 5.07. The Bertz CT molecular complexity index is 1150. The summed E-state index contributed by atoms with van der Waals surface area (Å²) in [5.41, 5.74) is 3.06. The SMILES string of the molecule is CCC(C(=O)NC(C)C)N(Cc1ccc(F)cc1)C(=O)CCCN(c1cc(C)ccc1C)S(C)(=O)=O. The van der Waals surface area contributed by atoms with E-state index in [2.05, 4.69) is 5.32 Å². The number of rotatable bonds is 12. The average molecular weight is 520 g/mol. The van der Waals surface area contributed by atoms with E-state index in [4.69, 9.17) is 0 Å². The zero-order chi connectivity index (χ0) is 27.0. The van der Waals surface area contributed by atoms with Crippen molar-refractivity contribution in [2.45, 2.75) is 72.5 Å². The molecule has 0 saturated carbocycles. The van der Waals surface area contributed by atoms with Crippen LogP contribution >= 0.6 is 0 Å². The highest BCUT2D eigenvalue weighted by Crippen LogP contribution is 2.25. The number of carbonyl (C=O) groups is 2. The van der Waals surface area contributed by atoms with E-state index in [1.54, 1.807) is 12.1 Å². The van der Waals surface area contributed by atoms with E-state index in [0.717, 1.165) is 17.4 Å². The Morgan fingerprint density at radius 3 is 2.25 bits per heavy atom. The largest absolute Gasteiger partial charge is 0.352 e. The molecule has 0 aliphatic heterocycles. The highest BCUT2D eigenvalue weighted by Gasteiger charge is 2.29. The molecule has 0 heterocycles. The molecule has 1 N–H and O–H groups in total. The first-order valence-electron chi connectivity index (χ1n) is 12.2. The van der Waals surface area contributed by atoms with Crippen molar-refractivity contribution in [3.05, 3.63) is 65.0 Å². The van der Waals surface area contributed by atoms with Gasteiger partial charge in [-0.15, -0.1) is 0 Å². The summed E-state index contributed by atoms with van der Waals surface area (Å²) in [7, 11) is -3.57. The number of hydrogen-bond acceptors (Lipinski definition) is 4. The quantitative estimate of drug-likeness (QED) is 0.453. The second-order valence-electron chi connectivity index (χ2n) is 9.46. The van der Waals surface area contributed by atoms with Crippen molar-refractivity contribution >= 4 is 27.5 Å². The van der Waals surface area contributed by atoms with Gasteiger partial charge in [0.1, 0.15) is 11.9 Å². The molecular weight excluding hydrogens is 481 g/mol. The minimum atomic E-state index is -3.57. The van der Waals surface area contributed by atoms with Crippen LogP contribution in [0.3, 0.4) is 0 Å². The highest BCUT2D eigenvalue weighted by molar-refractivity contribution is 7.92. The Morgan fingerprint density at radius 1 is 1.06 bits per heavy atom. The standard InChI is InChI=1S/C27H38FN3O4S/c1-7-24(27(33)29-19(2)3)30(18-22-12-14-23(28)15-13-22)26(32)9-8-16-31(36(6,34)35)25-17-20(4)10-11-21(25)5/h10-15,17,19,24H,7-9,16,18H2,1-6H3,(H,29,33). The van der Waals surface area contributed by atoms with E-state index >= 15 is 0 Å². The molecule has 0 aromatic heterocycles. The Morgan fingerprint density at radius 2 is 1.69 bits per heavy atom. The van der Waals surface area contributed by atoms with Gasteiger partial charge in [0, 0.05) is 25.6 Å². The van der Waals surface area contributed by atoms with Crippen LogP contribution < -0.4 is 9.62 Å². The third kappa shape index (κ3) is 8.33. The molecule has 9 heteroatoms. The molecule has 0 aliphatic carbocycles. The van der Waals surface area contributed by atoms with Crippen LogP contribution in [0, 0.1) is 19.7 Å². The summed E-state index contributed by atoms with van der Waals surface area (Å²) < 4.78 is 39.9. The van der Waals surface area contributed by atoms with Gasteiger partial charge in [0.2, 0.25) is 21.8 Å². The van der Waals surface area contributed by atoms with E-state index in [1.807, 2.05) is 52.8 Å². The van der Waals surface area contributed by atoms with Crippen molar-refractivity contribution in [2.24, 2.45) is 0 Å². The first-order chi connectivity index (χ1) is 16.8. The molecule has 2 amide bonds. The third-order valence-corrected chi connectivity index (χ3v) is 7.05. The lowest BCUT2D eigenvalue weighted by atomic mass is 10.1. The molecule has 0 aliphatic rings. The van der Waals surface area contributed by atoms with Crippen LogP contribution in [0.5, 0.6) is 0 Å². The Labute approximate surface area is 214 Å². The summed E-state index contributed by atoms with van der Waals surface area (Å²) in [5, 5.41) is 2.87. The van der Waals surface area contributed by atoms with Gasteiger partial charge in [-0.2, -0.15) is 0 Å². The van der Waals surface area contributed by atoms with Crippen LogP contribution in [-0.2, 0) is 26.2 Å². The number of anilines is 1. The van der Waals surface area contributed by atoms with Gasteiger partial charge in [-0.3, -0.25) is 13.9 Å². The maximum atomic E-state index is 13.4. The summed E-state index contributed by atoms with van der Waals surface area (Å²) in [6.07, 6.45) is 1.90. The Hall–Kier alpha value is -2.94. The van der Waals surface area contributed by atoms with Gasteiger partial charge >= 0.3 is 0 Å². The smallest absolute Gasteiger partial charge is 0.243 e. The van der Waals surface area contributed by atoms with Crippen LogP contribution in [0.1, 0.15) is 56.7 Å². The molecule has 2 aromatic rings. The minimum Gasteiger partial charge on any atom is -0.352 e. The first-order valence-corrected chi connectivity index (χ1v) is 14.1. The van der Waals surface area contributed by atoms with Crippen molar-refractivity contribution in [1.82, 2.24) is 10.2 Å². The van der Waals surface area contributed by atoms with Crippen molar-refractivity contribution in [2.75, 3.05) is 17.1 Å². The summed E-state index contributed by atoms with van der Waals surface area (Å²) in [6, 6.07) is 10.7. The highest BCUT2D eigenvalue weighted by atomic mass is 32.2. The minimum absolute atomic E-state index is 0.0591. The molecule has 1 unspecified atom stereocenters. The zero-order valence-electron chi connectivity index (χ0n) is 22.0. The molecular formula is C27H38FN3O4S. The average Bonchev–Trinajstić information content (AvgIpc) is 2.78. The summed E-state index contributed by atoms with van der Waals surface area (Å²) >= 11 is 0. The van der Waals surface area contributed by atoms with E-state index in [-0.39, 0.29) is 49.6 Å². The van der Waals surface area contributed by atoms with Crippen LogP contribution in [-0.4, -0.2) is 50.0 Å². The van der Waals surface area contributed by atoms with Gasteiger partial charge in [0.05, 0.1) is 11.9 Å². The molecule has 0 spiro atoms. The number of aryl methyl sites for hydroxylation is 2. The number of carbonyl (C=O) groups excluding carboxylic acids is 2. The van der Waals surface area contributed by atoms with E-state index < -0.39 is 16.1 Å². The molecule has 0 fully saturated rings. The maximum Gasteiger partial charge on any atom is 0.243 e. The predicted molar refractivity (Wildman–Crippen MR) is 142 cm³/mol. The molecule has 1 atom stereocenters. The number of nitrogens with zero attached hydrogens (tertiary/aromatic N) is 2. The fraction of sp³-hybridized carbons (Fsp3) is 0.481. The van der Waals surface area contributed by atoms with Crippen LogP contribution in [0.4, 0.5) is 10.1 Å². The summed E-state index contributed by atoms with van der Waals surface area (Å²) in [4.78, 5) is 27.8. The van der Waals surface area contributed by atoms with Crippen LogP contribution in [0.15, 0.2) is 42.5 Å². The molecule has 0 bridgehead atoms.